The summed E-state index contributed by atoms with van der Waals surface area (Å²) in [6.07, 6.45) is 0. The molecule has 0 atom stereocenters. The average Bonchev–Trinajstić information content (AvgIpc) is 1.35. The van der Waals surface area contributed by atoms with Crippen molar-refractivity contribution in [2.45, 2.75) is 0 Å². The first-order valence-corrected chi connectivity index (χ1v) is 2.46. The summed E-state index contributed by atoms with van der Waals surface area (Å²) in [5.74, 6) is 0. The Kier molecular flexibility index (Phi) is 7.10. The van der Waals surface area contributed by atoms with E-state index in [2.05, 4.69) is 4.18 Å². The molecule has 0 heterocycles. The minimum absolute atomic E-state index is 0. The summed E-state index contributed by atoms with van der Waals surface area (Å²) in [6.45, 7) is 0. The van der Waals surface area contributed by atoms with Crippen molar-refractivity contribution >= 4 is 61.8 Å². The summed E-state index contributed by atoms with van der Waals surface area (Å²) in [5.41, 5.74) is 0. The Labute approximate surface area is 84.6 Å². The first-order chi connectivity index (χ1) is 2.56. The van der Waals surface area contributed by atoms with Gasteiger partial charge in [-0.15, -0.1) is 0 Å². The Bertz CT molecular complexity index is 114. The molecule has 0 aliphatic rings. The van der Waals surface area contributed by atoms with E-state index < -0.39 is 10.4 Å². The molecule has 0 saturated carbocycles. The molecule has 0 aromatic carbocycles. The van der Waals surface area contributed by atoms with Crippen LogP contribution in [0.4, 0.5) is 0 Å². The zero-order valence-electron chi connectivity index (χ0n) is 3.08. The molecular formula is CH5KO4S. The van der Waals surface area contributed by atoms with Gasteiger partial charge in [-0.2, -0.15) is 8.42 Å². The second kappa shape index (κ2) is 4.39. The van der Waals surface area contributed by atoms with Gasteiger partial charge in [-0.1, -0.05) is 0 Å². The molecule has 6 heteroatoms. The summed E-state index contributed by atoms with van der Waals surface area (Å²) in [4.78, 5) is 0. The van der Waals surface area contributed by atoms with Gasteiger partial charge in [0, 0.05) is 0 Å². The molecule has 0 fully saturated rings. The van der Waals surface area contributed by atoms with Gasteiger partial charge < -0.3 is 0 Å². The second-order valence-corrected chi connectivity index (χ2v) is 1.78. The van der Waals surface area contributed by atoms with Gasteiger partial charge in [0.1, 0.15) is 0 Å². The molecule has 0 aliphatic heterocycles. The molecule has 0 bridgehead atoms. The number of hydrogen-bond acceptors (Lipinski definition) is 3. The maximum absolute atomic E-state index is 9.33. The third-order valence-electron chi connectivity index (χ3n) is 0.211. The van der Waals surface area contributed by atoms with Crippen LogP contribution in [0.25, 0.3) is 0 Å². The van der Waals surface area contributed by atoms with E-state index in [-0.39, 0.29) is 51.4 Å². The predicted octanol–water partition coefficient (Wildman–Crippen LogP) is -1.21. The minimum atomic E-state index is -4.16. The van der Waals surface area contributed by atoms with E-state index in [1.165, 1.54) is 0 Å². The molecular weight excluding hydrogens is 147 g/mol. The van der Waals surface area contributed by atoms with Crippen molar-refractivity contribution in [3.63, 3.8) is 0 Å². The van der Waals surface area contributed by atoms with Gasteiger partial charge in [0.15, 0.2) is 0 Å². The SMILES string of the molecule is COS(=O)(=O)O.[KH]. The first kappa shape index (κ1) is 11.3. The van der Waals surface area contributed by atoms with Crippen molar-refractivity contribution in [2.75, 3.05) is 7.11 Å². The summed E-state index contributed by atoms with van der Waals surface area (Å²) in [7, 11) is -3.29. The molecule has 40 valence electrons. The normalized spacial score (nSPS) is 10.0. The van der Waals surface area contributed by atoms with Crippen LogP contribution in [0.2, 0.25) is 0 Å². The monoisotopic (exact) mass is 152 g/mol. The van der Waals surface area contributed by atoms with E-state index in [9.17, 15) is 8.42 Å². The number of rotatable bonds is 1. The molecule has 0 aliphatic carbocycles. The molecule has 0 spiro atoms. The third-order valence-corrected chi connectivity index (χ3v) is 0.632. The molecule has 0 radical (unpaired) electrons. The van der Waals surface area contributed by atoms with Crippen molar-refractivity contribution in [1.82, 2.24) is 0 Å². The molecule has 0 saturated heterocycles. The van der Waals surface area contributed by atoms with E-state index in [0.717, 1.165) is 7.11 Å². The second-order valence-electron chi connectivity index (χ2n) is 0.594. The summed E-state index contributed by atoms with van der Waals surface area (Å²) < 4.78 is 29.7. The van der Waals surface area contributed by atoms with Gasteiger partial charge in [-0.25, -0.2) is 0 Å². The van der Waals surface area contributed by atoms with Crippen LogP contribution < -0.4 is 0 Å². The van der Waals surface area contributed by atoms with Crippen LogP contribution in [-0.4, -0.2) is 71.5 Å². The summed E-state index contributed by atoms with van der Waals surface area (Å²) in [6, 6.07) is 0. The van der Waals surface area contributed by atoms with Gasteiger partial charge in [-0.3, -0.25) is 8.74 Å². The topological polar surface area (TPSA) is 63.6 Å². The van der Waals surface area contributed by atoms with E-state index in [1.807, 2.05) is 0 Å². The van der Waals surface area contributed by atoms with Gasteiger partial charge in [0.25, 0.3) is 0 Å². The molecule has 0 unspecified atom stereocenters. The van der Waals surface area contributed by atoms with Crippen LogP contribution in [0, 0.1) is 0 Å². The molecule has 0 aromatic rings. The zero-order chi connectivity index (χ0) is 5.21. The Morgan fingerprint density at radius 2 is 1.71 bits per heavy atom. The molecule has 1 N–H and O–H groups in total. The van der Waals surface area contributed by atoms with E-state index in [1.54, 1.807) is 0 Å². The van der Waals surface area contributed by atoms with Gasteiger partial charge in [0.05, 0.1) is 7.11 Å². The van der Waals surface area contributed by atoms with Crippen LogP contribution in [-0.2, 0) is 14.6 Å². The van der Waals surface area contributed by atoms with Crippen molar-refractivity contribution in [3.8, 4) is 0 Å². The Hall–Kier alpha value is 1.51. The maximum atomic E-state index is 9.33. The van der Waals surface area contributed by atoms with Crippen molar-refractivity contribution in [1.29, 1.82) is 0 Å². The van der Waals surface area contributed by atoms with Crippen molar-refractivity contribution in [3.05, 3.63) is 0 Å². The molecule has 0 amide bonds. The van der Waals surface area contributed by atoms with Crippen molar-refractivity contribution in [2.24, 2.45) is 0 Å². The Morgan fingerprint density at radius 3 is 1.71 bits per heavy atom. The fraction of sp³-hybridized carbons (Fsp3) is 1.00. The van der Waals surface area contributed by atoms with E-state index in [4.69, 9.17) is 4.55 Å². The van der Waals surface area contributed by atoms with Crippen LogP contribution in [0.15, 0.2) is 0 Å². The van der Waals surface area contributed by atoms with Crippen LogP contribution >= 0.6 is 0 Å². The van der Waals surface area contributed by atoms with Gasteiger partial charge >= 0.3 is 61.8 Å². The quantitative estimate of drug-likeness (QED) is 0.378. The van der Waals surface area contributed by atoms with Gasteiger partial charge in [-0.05, 0) is 0 Å². The van der Waals surface area contributed by atoms with Gasteiger partial charge in [0.2, 0.25) is 0 Å². The third kappa shape index (κ3) is 11.2. The molecule has 7 heavy (non-hydrogen) atoms. The fourth-order valence-corrected chi connectivity index (χ4v) is 0. The van der Waals surface area contributed by atoms with E-state index >= 15 is 0 Å². The van der Waals surface area contributed by atoms with Crippen molar-refractivity contribution < 1.29 is 17.2 Å². The summed E-state index contributed by atoms with van der Waals surface area (Å²) >= 11 is 0. The average molecular weight is 152 g/mol. The molecule has 0 aromatic heterocycles. The predicted molar refractivity (Wildman–Crippen MR) is 25.7 cm³/mol. The van der Waals surface area contributed by atoms with E-state index in [0.29, 0.717) is 0 Å². The summed E-state index contributed by atoms with van der Waals surface area (Å²) in [5, 5.41) is 0. The molecule has 4 nitrogen and oxygen atoms in total. The van der Waals surface area contributed by atoms with Crippen LogP contribution in [0.3, 0.4) is 0 Å². The number of hydrogen-bond donors (Lipinski definition) is 1. The van der Waals surface area contributed by atoms with Crippen LogP contribution in [0.5, 0.6) is 0 Å². The zero-order valence-corrected chi connectivity index (χ0v) is 3.90. The Morgan fingerprint density at radius 1 is 1.57 bits per heavy atom. The Balaban J connectivity index is 0. The molecule has 0 rings (SSSR count). The first-order valence-electron chi connectivity index (χ1n) is 1.09. The van der Waals surface area contributed by atoms with Crippen LogP contribution in [0.1, 0.15) is 0 Å². The standard InChI is InChI=1S/CH4O4S.K.H/c1-5-6(2,3)4;;/h1H3,(H,2,3,4);;. The fourth-order valence-electron chi connectivity index (χ4n) is 0.